The van der Waals surface area contributed by atoms with Crippen molar-refractivity contribution in [2.45, 2.75) is 6.92 Å². The molecule has 0 rings (SSSR count). The summed E-state index contributed by atoms with van der Waals surface area (Å²) in [5.41, 5.74) is 0. The molecule has 0 aliphatic heterocycles. The zero-order chi connectivity index (χ0) is 9.78. The number of hydrogen-bond acceptors (Lipinski definition) is 3. The van der Waals surface area contributed by atoms with Gasteiger partial charge in [-0.15, -0.1) is 0 Å². The molecule has 0 aliphatic rings. The molecular weight excluding hydrogens is 183 g/mol. The van der Waals surface area contributed by atoms with E-state index in [1.165, 1.54) is 14.0 Å². The van der Waals surface area contributed by atoms with E-state index in [4.69, 9.17) is 0 Å². The fraction of sp³-hybridized carbons (Fsp3) is 0.500. The van der Waals surface area contributed by atoms with Gasteiger partial charge in [0.25, 0.3) is 0 Å². The van der Waals surface area contributed by atoms with Crippen LogP contribution in [0.4, 0.5) is 4.39 Å². The average Bonchev–Trinajstić information content (AvgIpc) is 1.85. The van der Waals surface area contributed by atoms with Crippen molar-refractivity contribution in [3.63, 3.8) is 0 Å². The molecule has 0 aliphatic carbocycles. The molecule has 0 aromatic rings. The van der Waals surface area contributed by atoms with Gasteiger partial charge < -0.3 is 5.32 Å². The molecule has 0 saturated heterocycles. The van der Waals surface area contributed by atoms with Crippen molar-refractivity contribution in [2.75, 3.05) is 13.3 Å². The van der Waals surface area contributed by atoms with Crippen LogP contribution in [-0.2, 0) is 9.84 Å². The summed E-state index contributed by atoms with van der Waals surface area (Å²) < 4.78 is 33.8. The molecule has 0 bridgehead atoms. The Kier molecular flexibility index (Phi) is 3.88. The molecule has 0 aromatic heterocycles. The van der Waals surface area contributed by atoms with Gasteiger partial charge in [-0.05, 0) is 6.92 Å². The molecule has 0 heterocycles. The number of rotatable bonds is 1. The third-order valence-electron chi connectivity index (χ3n) is 0.925. The van der Waals surface area contributed by atoms with E-state index in [0.29, 0.717) is 0 Å². The van der Waals surface area contributed by atoms with Crippen LogP contribution in [0.25, 0.3) is 0 Å². The van der Waals surface area contributed by atoms with Gasteiger partial charge in [0.05, 0.1) is 6.20 Å². The first-order chi connectivity index (χ1) is 5.38. The van der Waals surface area contributed by atoms with Gasteiger partial charge in [-0.3, -0.25) is 0 Å². The number of hydrogen-bond donors (Lipinski definition) is 1. The van der Waals surface area contributed by atoms with Crippen LogP contribution in [0.1, 0.15) is 6.92 Å². The Hall–Kier alpha value is -0.910. The topological polar surface area (TPSA) is 58.5 Å². The Bertz CT molecular complexity index is 302. The Morgan fingerprint density at radius 3 is 2.33 bits per heavy atom. The van der Waals surface area contributed by atoms with Crippen LogP contribution in [0.5, 0.6) is 0 Å². The minimum atomic E-state index is -3.38. The first-order valence-corrected chi connectivity index (χ1v) is 5.05. The summed E-state index contributed by atoms with van der Waals surface area (Å²) in [7, 11) is -1.98. The van der Waals surface area contributed by atoms with E-state index in [0.717, 1.165) is 12.5 Å². The number of halogens is 1. The van der Waals surface area contributed by atoms with E-state index < -0.39 is 15.7 Å². The molecule has 70 valence electrons. The molecule has 0 aromatic carbocycles. The first-order valence-electron chi connectivity index (χ1n) is 3.16. The van der Waals surface area contributed by atoms with Gasteiger partial charge in [-0.1, -0.05) is 0 Å². The second kappa shape index (κ2) is 4.20. The highest BCUT2D eigenvalue weighted by Gasteiger charge is 2.09. The lowest BCUT2D eigenvalue weighted by Gasteiger charge is -1.99. The zero-order valence-corrected chi connectivity index (χ0v) is 7.94. The lowest BCUT2D eigenvalue weighted by Crippen LogP contribution is -2.26. The highest BCUT2D eigenvalue weighted by Crippen LogP contribution is 1.94. The number of amidine groups is 1. The molecule has 6 heteroatoms. The monoisotopic (exact) mass is 194 g/mol. The van der Waals surface area contributed by atoms with Crippen LogP contribution in [-0.4, -0.2) is 26.9 Å². The van der Waals surface area contributed by atoms with Gasteiger partial charge in [0, 0.05) is 13.3 Å². The molecule has 12 heavy (non-hydrogen) atoms. The van der Waals surface area contributed by atoms with E-state index in [1.54, 1.807) is 0 Å². The predicted octanol–water partition coefficient (Wildman–Crippen LogP) is 0.437. The maximum Gasteiger partial charge on any atom is 0.220 e. The summed E-state index contributed by atoms with van der Waals surface area (Å²) in [5, 5.41) is 2.10. The van der Waals surface area contributed by atoms with Crippen molar-refractivity contribution in [1.29, 1.82) is 0 Å². The number of nitrogens with one attached hydrogen (secondary N) is 1. The molecule has 0 saturated carbocycles. The van der Waals surface area contributed by atoms with Gasteiger partial charge in [0.1, 0.15) is 5.83 Å². The number of allylic oxidation sites excluding steroid dienone is 1. The van der Waals surface area contributed by atoms with Gasteiger partial charge in [0.15, 0.2) is 0 Å². The van der Waals surface area contributed by atoms with Crippen LogP contribution in [0.15, 0.2) is 17.0 Å². The largest absolute Gasteiger partial charge is 0.364 e. The van der Waals surface area contributed by atoms with Gasteiger partial charge in [-0.2, -0.15) is 0 Å². The van der Waals surface area contributed by atoms with Crippen molar-refractivity contribution in [1.82, 2.24) is 5.32 Å². The standard InChI is InChI=1S/C6H11FN2O2S/c1-5(7)4-9-6(8-2)12(3,10)11/h4H,1-3H3,(H,8,9)/b5-4+. The normalized spacial score (nSPS) is 14.7. The quantitative estimate of drug-likeness (QED) is 0.486. The lowest BCUT2D eigenvalue weighted by molar-refractivity contribution is 0.611. The van der Waals surface area contributed by atoms with Crippen molar-refractivity contribution < 1.29 is 12.8 Å². The van der Waals surface area contributed by atoms with Gasteiger partial charge >= 0.3 is 0 Å². The van der Waals surface area contributed by atoms with E-state index in [1.807, 2.05) is 0 Å². The third kappa shape index (κ3) is 4.07. The van der Waals surface area contributed by atoms with Crippen molar-refractivity contribution in [3.05, 3.63) is 12.0 Å². The molecular formula is C6H11FN2O2S. The second-order valence-corrected chi connectivity index (χ2v) is 4.10. The van der Waals surface area contributed by atoms with Crippen molar-refractivity contribution in [2.24, 2.45) is 4.99 Å². The molecule has 1 N–H and O–H groups in total. The van der Waals surface area contributed by atoms with Crippen LogP contribution >= 0.6 is 0 Å². The number of nitrogens with zero attached hydrogens (tertiary/aromatic N) is 1. The molecule has 0 spiro atoms. The summed E-state index contributed by atoms with van der Waals surface area (Å²) >= 11 is 0. The van der Waals surface area contributed by atoms with E-state index in [-0.39, 0.29) is 5.17 Å². The fourth-order valence-corrected chi connectivity index (χ4v) is 1.11. The van der Waals surface area contributed by atoms with Crippen LogP contribution in [0.2, 0.25) is 0 Å². The number of sulfone groups is 1. The molecule has 0 radical (unpaired) electrons. The van der Waals surface area contributed by atoms with Gasteiger partial charge in [0.2, 0.25) is 15.0 Å². The summed E-state index contributed by atoms with van der Waals surface area (Å²) in [5.74, 6) is -0.550. The molecule has 0 amide bonds. The summed E-state index contributed by atoms with van der Waals surface area (Å²) in [6.07, 6.45) is 1.83. The van der Waals surface area contributed by atoms with Gasteiger partial charge in [-0.25, -0.2) is 17.8 Å². The van der Waals surface area contributed by atoms with E-state index >= 15 is 0 Å². The average molecular weight is 194 g/mol. The van der Waals surface area contributed by atoms with Crippen LogP contribution in [0.3, 0.4) is 0 Å². The van der Waals surface area contributed by atoms with Crippen LogP contribution < -0.4 is 5.32 Å². The summed E-state index contributed by atoms with van der Waals surface area (Å²) in [4.78, 5) is 3.39. The fourth-order valence-electron chi connectivity index (χ4n) is 0.493. The molecule has 0 fully saturated rings. The zero-order valence-electron chi connectivity index (χ0n) is 7.13. The summed E-state index contributed by atoms with van der Waals surface area (Å²) in [6, 6.07) is 0. The summed E-state index contributed by atoms with van der Waals surface area (Å²) in [6.45, 7) is 1.18. The maximum atomic E-state index is 12.1. The minimum absolute atomic E-state index is 0.250. The SMILES string of the molecule is CN/C(=N\C=C(/C)F)S(C)(=O)=O. The Labute approximate surface area is 71.1 Å². The molecule has 4 nitrogen and oxygen atoms in total. The number of aliphatic imine (C=N–C) groups is 1. The maximum absolute atomic E-state index is 12.1. The Morgan fingerprint density at radius 1 is 1.58 bits per heavy atom. The Balaban J connectivity index is 4.82. The smallest absolute Gasteiger partial charge is 0.220 e. The highest BCUT2D eigenvalue weighted by molar-refractivity contribution is 8.05. The van der Waals surface area contributed by atoms with E-state index in [9.17, 15) is 12.8 Å². The molecule has 0 atom stereocenters. The predicted molar refractivity (Wildman–Crippen MR) is 46.2 cm³/mol. The molecule has 0 unspecified atom stereocenters. The minimum Gasteiger partial charge on any atom is -0.364 e. The van der Waals surface area contributed by atoms with E-state index in [2.05, 4.69) is 10.3 Å². The van der Waals surface area contributed by atoms with Crippen LogP contribution in [0, 0.1) is 0 Å². The lowest BCUT2D eigenvalue weighted by atomic mass is 10.7. The first kappa shape index (κ1) is 11.1. The Morgan fingerprint density at radius 2 is 2.08 bits per heavy atom. The third-order valence-corrected chi connectivity index (χ3v) is 1.94. The van der Waals surface area contributed by atoms with Crippen molar-refractivity contribution in [3.8, 4) is 0 Å². The highest BCUT2D eigenvalue weighted by atomic mass is 32.2. The second-order valence-electron chi connectivity index (χ2n) is 2.17. The van der Waals surface area contributed by atoms with Crippen molar-refractivity contribution >= 4 is 15.0 Å².